The van der Waals surface area contributed by atoms with Crippen LogP contribution in [0.5, 0.6) is 5.75 Å². The van der Waals surface area contributed by atoms with E-state index in [1.54, 1.807) is 6.07 Å². The Hall–Kier alpha value is -1.56. The van der Waals surface area contributed by atoms with Gasteiger partial charge in [-0.2, -0.15) is 0 Å². The van der Waals surface area contributed by atoms with E-state index in [1.807, 2.05) is 0 Å². The van der Waals surface area contributed by atoms with Crippen LogP contribution in [-0.4, -0.2) is 23.2 Å². The molecule has 0 radical (unpaired) electrons. The Morgan fingerprint density at radius 1 is 1.10 bits per heavy atom. The number of rotatable bonds is 3. The molecule has 0 aliphatic heterocycles. The van der Waals surface area contributed by atoms with E-state index < -0.39 is 5.91 Å². The van der Waals surface area contributed by atoms with Crippen molar-refractivity contribution in [1.29, 1.82) is 0 Å². The predicted octanol–water partition coefficient (Wildman–Crippen LogP) is 3.70. The zero-order chi connectivity index (χ0) is 14.7. The molecule has 0 saturated heterocycles. The summed E-state index contributed by atoms with van der Waals surface area (Å²) >= 11 is 17.6. The summed E-state index contributed by atoms with van der Waals surface area (Å²) in [7, 11) is 1.40. The minimum absolute atomic E-state index is 0.124. The molecule has 104 valence electrons. The number of amides is 1. The molecule has 0 saturated carbocycles. The molecule has 2 rings (SSSR count). The molecule has 1 aromatic carbocycles. The third-order valence-corrected chi connectivity index (χ3v) is 3.18. The van der Waals surface area contributed by atoms with Gasteiger partial charge in [0.25, 0.3) is 5.91 Å². The van der Waals surface area contributed by atoms with E-state index in [0.29, 0.717) is 0 Å². The van der Waals surface area contributed by atoms with Gasteiger partial charge in [-0.3, -0.25) is 4.79 Å². The summed E-state index contributed by atoms with van der Waals surface area (Å²) in [5.41, 5.74) is 0.124. The van der Waals surface area contributed by atoms with Crippen molar-refractivity contribution in [2.45, 2.75) is 0 Å². The van der Waals surface area contributed by atoms with E-state index in [0.717, 1.165) is 0 Å². The lowest BCUT2D eigenvalue weighted by molar-refractivity contribution is 0.102. The highest BCUT2D eigenvalue weighted by Gasteiger charge is 2.20. The van der Waals surface area contributed by atoms with E-state index in [9.17, 15) is 4.79 Å². The van der Waals surface area contributed by atoms with Crippen molar-refractivity contribution in [3.63, 3.8) is 0 Å². The third-order valence-electron chi connectivity index (χ3n) is 2.36. The molecule has 1 N–H and O–H groups in total. The Balaban J connectivity index is 2.34. The molecule has 0 aliphatic rings. The monoisotopic (exact) mass is 331 g/mol. The van der Waals surface area contributed by atoms with E-state index in [4.69, 9.17) is 39.5 Å². The van der Waals surface area contributed by atoms with Gasteiger partial charge in [0.05, 0.1) is 17.2 Å². The molecule has 1 amide bonds. The number of methoxy groups -OCH3 is 1. The van der Waals surface area contributed by atoms with Crippen molar-refractivity contribution in [3.05, 3.63) is 45.0 Å². The largest absolute Gasteiger partial charge is 0.494 e. The Labute approximate surface area is 129 Å². The Morgan fingerprint density at radius 2 is 1.80 bits per heavy atom. The minimum atomic E-state index is -0.508. The Bertz CT molecular complexity index is 647. The average molecular weight is 333 g/mol. The molecule has 8 heteroatoms. The van der Waals surface area contributed by atoms with Gasteiger partial charge >= 0.3 is 0 Å². The lowest BCUT2D eigenvalue weighted by Crippen LogP contribution is -2.15. The van der Waals surface area contributed by atoms with Gasteiger partial charge in [-0.15, -0.1) is 10.2 Å². The SMILES string of the molecule is COc1c(Cl)ccc(Cl)c1C(=O)Nc1ccc(Cl)nn1. The molecule has 0 bridgehead atoms. The summed E-state index contributed by atoms with van der Waals surface area (Å²) in [6, 6.07) is 6.07. The van der Waals surface area contributed by atoms with E-state index in [1.165, 1.54) is 25.3 Å². The number of hydrogen-bond donors (Lipinski definition) is 1. The van der Waals surface area contributed by atoms with Gasteiger partial charge in [0.2, 0.25) is 0 Å². The third kappa shape index (κ3) is 3.12. The first-order valence-electron chi connectivity index (χ1n) is 5.35. The van der Waals surface area contributed by atoms with Crippen molar-refractivity contribution >= 4 is 46.5 Å². The highest BCUT2D eigenvalue weighted by molar-refractivity contribution is 6.37. The molecule has 2 aromatic rings. The lowest BCUT2D eigenvalue weighted by Gasteiger charge is -2.11. The van der Waals surface area contributed by atoms with Crippen molar-refractivity contribution < 1.29 is 9.53 Å². The first-order chi connectivity index (χ1) is 9.52. The maximum atomic E-state index is 12.2. The minimum Gasteiger partial charge on any atom is -0.494 e. The van der Waals surface area contributed by atoms with Crippen LogP contribution in [0.1, 0.15) is 10.4 Å². The number of halogens is 3. The van der Waals surface area contributed by atoms with Crippen LogP contribution in [-0.2, 0) is 0 Å². The number of aromatic nitrogens is 2. The van der Waals surface area contributed by atoms with Crippen molar-refractivity contribution in [3.8, 4) is 5.75 Å². The molecule has 0 unspecified atom stereocenters. The number of anilines is 1. The second-order valence-corrected chi connectivity index (χ2v) is 4.83. The molecule has 5 nitrogen and oxygen atoms in total. The fraction of sp³-hybridized carbons (Fsp3) is 0.0833. The molecular weight excluding hydrogens is 325 g/mol. The van der Waals surface area contributed by atoms with Crippen LogP contribution in [0.2, 0.25) is 15.2 Å². The number of nitrogens with one attached hydrogen (secondary N) is 1. The lowest BCUT2D eigenvalue weighted by atomic mass is 10.2. The summed E-state index contributed by atoms with van der Waals surface area (Å²) in [6.07, 6.45) is 0. The van der Waals surface area contributed by atoms with Crippen LogP contribution in [0, 0.1) is 0 Å². The molecule has 1 aromatic heterocycles. The van der Waals surface area contributed by atoms with Gasteiger partial charge in [-0.25, -0.2) is 0 Å². The van der Waals surface area contributed by atoms with Gasteiger partial charge in [-0.05, 0) is 24.3 Å². The number of nitrogens with zero attached hydrogens (tertiary/aromatic N) is 2. The zero-order valence-corrected chi connectivity index (χ0v) is 12.4. The van der Waals surface area contributed by atoms with Gasteiger partial charge in [0.15, 0.2) is 16.7 Å². The fourth-order valence-corrected chi connectivity index (χ4v) is 2.08. The van der Waals surface area contributed by atoms with Crippen molar-refractivity contribution in [2.24, 2.45) is 0 Å². The van der Waals surface area contributed by atoms with Crippen LogP contribution >= 0.6 is 34.8 Å². The van der Waals surface area contributed by atoms with Crippen LogP contribution in [0.15, 0.2) is 24.3 Å². The summed E-state index contributed by atoms with van der Waals surface area (Å²) in [4.78, 5) is 12.2. The van der Waals surface area contributed by atoms with E-state index >= 15 is 0 Å². The number of benzene rings is 1. The quantitative estimate of drug-likeness (QED) is 0.931. The first kappa shape index (κ1) is 14.8. The molecule has 1 heterocycles. The van der Waals surface area contributed by atoms with Gasteiger partial charge in [0, 0.05) is 0 Å². The highest BCUT2D eigenvalue weighted by Crippen LogP contribution is 2.34. The predicted molar refractivity (Wildman–Crippen MR) is 78.0 cm³/mol. The zero-order valence-electron chi connectivity index (χ0n) is 10.2. The summed E-state index contributed by atoms with van der Waals surface area (Å²) < 4.78 is 5.10. The van der Waals surface area contributed by atoms with Gasteiger partial charge < -0.3 is 10.1 Å². The molecule has 0 aliphatic carbocycles. The number of ether oxygens (including phenoxy) is 1. The van der Waals surface area contributed by atoms with E-state index in [2.05, 4.69) is 15.5 Å². The number of carbonyl (C=O) groups is 1. The summed E-state index contributed by atoms with van der Waals surface area (Å²) in [5.74, 6) is -0.0814. The molecule has 0 spiro atoms. The smallest absolute Gasteiger partial charge is 0.262 e. The number of hydrogen-bond acceptors (Lipinski definition) is 4. The van der Waals surface area contributed by atoms with Crippen LogP contribution in [0.3, 0.4) is 0 Å². The second-order valence-electron chi connectivity index (χ2n) is 3.63. The molecular formula is C12H8Cl3N3O2. The maximum Gasteiger partial charge on any atom is 0.262 e. The number of carbonyl (C=O) groups excluding carboxylic acids is 1. The standard InChI is InChI=1S/C12H8Cl3N3O2/c1-20-11-7(14)3-2-6(13)10(11)12(19)16-9-5-4-8(15)17-18-9/h2-5H,1H3,(H,16,18,19). The Kier molecular flexibility index (Phi) is 4.65. The maximum absolute atomic E-state index is 12.2. The summed E-state index contributed by atoms with van der Waals surface area (Å²) in [5, 5.41) is 10.6. The van der Waals surface area contributed by atoms with Crippen molar-refractivity contribution in [1.82, 2.24) is 10.2 Å². The van der Waals surface area contributed by atoms with Gasteiger partial charge in [0.1, 0.15) is 5.56 Å². The second kappa shape index (κ2) is 6.26. The van der Waals surface area contributed by atoms with Crippen molar-refractivity contribution in [2.75, 3.05) is 12.4 Å². The van der Waals surface area contributed by atoms with Crippen LogP contribution < -0.4 is 10.1 Å². The Morgan fingerprint density at radius 3 is 2.40 bits per heavy atom. The van der Waals surface area contributed by atoms with Gasteiger partial charge in [-0.1, -0.05) is 34.8 Å². The molecule has 0 fully saturated rings. The van der Waals surface area contributed by atoms with E-state index in [-0.39, 0.29) is 32.3 Å². The summed E-state index contributed by atoms with van der Waals surface area (Å²) in [6.45, 7) is 0. The topological polar surface area (TPSA) is 64.1 Å². The first-order valence-corrected chi connectivity index (χ1v) is 6.49. The normalized spacial score (nSPS) is 10.2. The molecule has 0 atom stereocenters. The van der Waals surface area contributed by atoms with Crippen LogP contribution in [0.4, 0.5) is 5.82 Å². The van der Waals surface area contributed by atoms with Crippen LogP contribution in [0.25, 0.3) is 0 Å². The highest BCUT2D eigenvalue weighted by atomic mass is 35.5. The fourth-order valence-electron chi connectivity index (χ4n) is 1.51. The average Bonchev–Trinajstić information content (AvgIpc) is 2.43. The molecule has 20 heavy (non-hydrogen) atoms.